The van der Waals surface area contributed by atoms with E-state index in [-0.39, 0.29) is 30.1 Å². The van der Waals surface area contributed by atoms with Crippen LogP contribution < -0.4 is 5.32 Å². The molecule has 0 aromatic heterocycles. The molecule has 4 atom stereocenters. The van der Waals surface area contributed by atoms with Crippen LogP contribution in [0.2, 0.25) is 0 Å². The van der Waals surface area contributed by atoms with Gasteiger partial charge in [0.15, 0.2) is 0 Å². The minimum atomic E-state index is -0.909. The van der Waals surface area contributed by atoms with Crippen LogP contribution in [0, 0.1) is 29.5 Å². The first kappa shape index (κ1) is 13.8. The SMILES string of the molecule is O=C(O)[C@@H]1[C@H](C(=O)NCc2ccc(F)cc2)[C@H]2C=C[C@H]1C2. The van der Waals surface area contributed by atoms with Gasteiger partial charge in [-0.15, -0.1) is 0 Å². The summed E-state index contributed by atoms with van der Waals surface area (Å²) in [5, 5.41) is 12.1. The number of benzene rings is 1. The minimum Gasteiger partial charge on any atom is -0.481 e. The lowest BCUT2D eigenvalue weighted by Gasteiger charge is -2.23. The molecule has 2 N–H and O–H groups in total. The largest absolute Gasteiger partial charge is 0.481 e. The first-order chi connectivity index (χ1) is 10.1. The summed E-state index contributed by atoms with van der Waals surface area (Å²) in [6, 6.07) is 5.87. The lowest BCUT2D eigenvalue weighted by molar-refractivity contribution is -0.147. The summed E-state index contributed by atoms with van der Waals surface area (Å²) in [7, 11) is 0. The Morgan fingerprint density at radius 3 is 2.38 bits per heavy atom. The van der Waals surface area contributed by atoms with Crippen LogP contribution in [0.15, 0.2) is 36.4 Å². The van der Waals surface area contributed by atoms with E-state index in [9.17, 15) is 19.1 Å². The fourth-order valence-corrected chi connectivity index (χ4v) is 3.43. The first-order valence-corrected chi connectivity index (χ1v) is 6.99. The predicted octanol–water partition coefficient (Wildman–Crippen LogP) is 1.96. The molecule has 1 saturated carbocycles. The molecule has 1 aromatic rings. The van der Waals surface area contributed by atoms with E-state index in [4.69, 9.17) is 0 Å². The maximum absolute atomic E-state index is 12.8. The number of carboxylic acid groups (broad SMARTS) is 1. The van der Waals surface area contributed by atoms with Gasteiger partial charge in [0, 0.05) is 6.54 Å². The van der Waals surface area contributed by atoms with Crippen LogP contribution in [0.25, 0.3) is 0 Å². The van der Waals surface area contributed by atoms with Crippen molar-refractivity contribution >= 4 is 11.9 Å². The van der Waals surface area contributed by atoms with Gasteiger partial charge in [0.2, 0.25) is 5.91 Å². The van der Waals surface area contributed by atoms with Crippen molar-refractivity contribution in [3.8, 4) is 0 Å². The highest BCUT2D eigenvalue weighted by Gasteiger charge is 2.51. The summed E-state index contributed by atoms with van der Waals surface area (Å²) in [6.07, 6.45) is 4.60. The Bertz CT molecular complexity index is 596. The quantitative estimate of drug-likeness (QED) is 0.833. The van der Waals surface area contributed by atoms with Gasteiger partial charge >= 0.3 is 5.97 Å². The van der Waals surface area contributed by atoms with E-state index < -0.39 is 17.8 Å². The van der Waals surface area contributed by atoms with Crippen molar-refractivity contribution in [3.05, 3.63) is 47.8 Å². The highest BCUT2D eigenvalue weighted by atomic mass is 19.1. The number of aliphatic carboxylic acids is 1. The molecule has 0 radical (unpaired) electrons. The number of fused-ring (bicyclic) bond motifs is 2. The van der Waals surface area contributed by atoms with Gasteiger partial charge in [-0.2, -0.15) is 0 Å². The monoisotopic (exact) mass is 289 g/mol. The maximum atomic E-state index is 12.8. The summed E-state index contributed by atoms with van der Waals surface area (Å²) in [5.74, 6) is -2.61. The molecule has 0 heterocycles. The average Bonchev–Trinajstić information content (AvgIpc) is 3.06. The predicted molar refractivity (Wildman–Crippen MR) is 73.6 cm³/mol. The zero-order chi connectivity index (χ0) is 15.0. The second-order valence-electron chi connectivity index (χ2n) is 5.68. The number of nitrogens with one attached hydrogen (secondary N) is 1. The Labute approximate surface area is 121 Å². The molecule has 0 unspecified atom stereocenters. The van der Waals surface area contributed by atoms with Gasteiger partial charge in [0.25, 0.3) is 0 Å². The van der Waals surface area contributed by atoms with Crippen molar-refractivity contribution in [2.75, 3.05) is 0 Å². The van der Waals surface area contributed by atoms with Gasteiger partial charge in [-0.1, -0.05) is 24.3 Å². The number of hydrogen-bond donors (Lipinski definition) is 2. The Balaban J connectivity index is 1.66. The van der Waals surface area contributed by atoms with Crippen molar-refractivity contribution < 1.29 is 19.1 Å². The van der Waals surface area contributed by atoms with E-state index in [0.29, 0.717) is 0 Å². The molecule has 2 aliphatic rings. The molecule has 0 aliphatic heterocycles. The lowest BCUT2D eigenvalue weighted by atomic mass is 9.82. The lowest BCUT2D eigenvalue weighted by Crippen LogP contribution is -2.39. The molecule has 2 aliphatic carbocycles. The van der Waals surface area contributed by atoms with E-state index in [1.807, 2.05) is 12.2 Å². The summed E-state index contributed by atoms with van der Waals surface area (Å²) in [6.45, 7) is 0.281. The molecule has 5 heteroatoms. The number of carbonyl (C=O) groups excluding carboxylic acids is 1. The topological polar surface area (TPSA) is 66.4 Å². The van der Waals surface area contributed by atoms with Crippen molar-refractivity contribution in [1.29, 1.82) is 0 Å². The molecular weight excluding hydrogens is 273 g/mol. The van der Waals surface area contributed by atoms with Crippen LogP contribution in [0.1, 0.15) is 12.0 Å². The van der Waals surface area contributed by atoms with Gasteiger partial charge in [0.1, 0.15) is 5.82 Å². The molecule has 2 bridgehead atoms. The number of halogens is 1. The van der Waals surface area contributed by atoms with Gasteiger partial charge in [-0.05, 0) is 36.0 Å². The van der Waals surface area contributed by atoms with Crippen molar-refractivity contribution in [3.63, 3.8) is 0 Å². The fraction of sp³-hybridized carbons (Fsp3) is 0.375. The minimum absolute atomic E-state index is 0.0179. The molecule has 1 aromatic carbocycles. The van der Waals surface area contributed by atoms with Crippen LogP contribution in [0.3, 0.4) is 0 Å². The summed E-state index contributed by atoms with van der Waals surface area (Å²) >= 11 is 0. The van der Waals surface area contributed by atoms with Crippen LogP contribution >= 0.6 is 0 Å². The molecule has 4 nitrogen and oxygen atoms in total. The van der Waals surface area contributed by atoms with E-state index >= 15 is 0 Å². The van der Waals surface area contributed by atoms with Crippen LogP contribution in [-0.2, 0) is 16.1 Å². The Hall–Kier alpha value is -2.17. The van der Waals surface area contributed by atoms with Crippen molar-refractivity contribution in [2.24, 2.45) is 23.7 Å². The molecule has 0 saturated heterocycles. The van der Waals surface area contributed by atoms with Gasteiger partial charge in [-0.3, -0.25) is 9.59 Å². The Kier molecular flexibility index (Phi) is 3.49. The zero-order valence-corrected chi connectivity index (χ0v) is 11.3. The van der Waals surface area contributed by atoms with Crippen LogP contribution in [-0.4, -0.2) is 17.0 Å². The summed E-state index contributed by atoms with van der Waals surface area (Å²) in [4.78, 5) is 23.7. The van der Waals surface area contributed by atoms with Crippen molar-refractivity contribution in [2.45, 2.75) is 13.0 Å². The molecule has 3 rings (SSSR count). The highest BCUT2D eigenvalue weighted by molar-refractivity contribution is 5.86. The molecule has 110 valence electrons. The standard InChI is InChI=1S/C16H16FNO3/c17-12-5-1-9(2-6-12)8-18-15(19)13-10-3-4-11(7-10)14(13)16(20)21/h1-6,10-11,13-14H,7-8H2,(H,18,19)(H,20,21)/t10-,11-,13+,14-/m0/s1. The normalized spacial score (nSPS) is 29.6. The number of rotatable bonds is 4. The third kappa shape index (κ3) is 2.55. The smallest absolute Gasteiger partial charge is 0.307 e. The van der Waals surface area contributed by atoms with Crippen LogP contribution in [0.4, 0.5) is 4.39 Å². The molecule has 0 spiro atoms. The third-order valence-electron chi connectivity index (χ3n) is 4.43. The van der Waals surface area contributed by atoms with E-state index in [1.54, 1.807) is 12.1 Å². The van der Waals surface area contributed by atoms with Gasteiger partial charge < -0.3 is 10.4 Å². The molecule has 1 fully saturated rings. The number of amides is 1. The fourth-order valence-electron chi connectivity index (χ4n) is 3.43. The second-order valence-corrected chi connectivity index (χ2v) is 5.68. The summed E-state index contributed by atoms with van der Waals surface area (Å²) < 4.78 is 12.8. The Morgan fingerprint density at radius 1 is 1.14 bits per heavy atom. The zero-order valence-electron chi connectivity index (χ0n) is 11.3. The first-order valence-electron chi connectivity index (χ1n) is 6.99. The molecule has 21 heavy (non-hydrogen) atoms. The number of carboxylic acids is 1. The maximum Gasteiger partial charge on any atom is 0.307 e. The van der Waals surface area contributed by atoms with Gasteiger partial charge in [-0.25, -0.2) is 4.39 Å². The van der Waals surface area contributed by atoms with E-state index in [1.165, 1.54) is 12.1 Å². The molecular formula is C16H16FNO3. The highest BCUT2D eigenvalue weighted by Crippen LogP contribution is 2.48. The average molecular weight is 289 g/mol. The van der Waals surface area contributed by atoms with Crippen molar-refractivity contribution in [1.82, 2.24) is 5.32 Å². The Morgan fingerprint density at radius 2 is 1.76 bits per heavy atom. The molecule has 1 amide bonds. The number of allylic oxidation sites excluding steroid dienone is 2. The van der Waals surface area contributed by atoms with Gasteiger partial charge in [0.05, 0.1) is 11.8 Å². The second kappa shape index (κ2) is 5.31. The van der Waals surface area contributed by atoms with Crippen LogP contribution in [0.5, 0.6) is 0 Å². The summed E-state index contributed by atoms with van der Waals surface area (Å²) in [5.41, 5.74) is 0.787. The van der Waals surface area contributed by atoms with E-state index in [2.05, 4.69) is 5.32 Å². The number of carbonyl (C=O) groups is 2. The van der Waals surface area contributed by atoms with E-state index in [0.717, 1.165) is 12.0 Å². The number of hydrogen-bond acceptors (Lipinski definition) is 2. The third-order valence-corrected chi connectivity index (χ3v) is 4.43.